The molecule has 0 amide bonds. The summed E-state index contributed by atoms with van der Waals surface area (Å²) in [5.41, 5.74) is 0.662. The van der Waals surface area contributed by atoms with Crippen LogP contribution in [0.25, 0.3) is 10.9 Å². The molecule has 1 aliphatic rings. The van der Waals surface area contributed by atoms with Gasteiger partial charge >= 0.3 is 5.97 Å². The zero-order valence-corrected chi connectivity index (χ0v) is 14.8. The lowest BCUT2D eigenvalue weighted by molar-refractivity contribution is 0.0696. The Morgan fingerprint density at radius 2 is 1.63 bits per heavy atom. The lowest BCUT2D eigenvalue weighted by Crippen LogP contribution is -2.14. The van der Waals surface area contributed by atoms with E-state index >= 15 is 0 Å². The van der Waals surface area contributed by atoms with Gasteiger partial charge in [-0.25, -0.2) is 9.78 Å². The van der Waals surface area contributed by atoms with Crippen LogP contribution in [0.5, 0.6) is 5.75 Å². The van der Waals surface area contributed by atoms with E-state index < -0.39 is 23.5 Å². The highest BCUT2D eigenvalue weighted by atomic mass is 16.4. The highest BCUT2D eigenvalue weighted by molar-refractivity contribution is 6.30. The molecule has 1 heterocycles. The standard InChI is InChI=1S/C19H11NO5.C2H6/c21-14-8-9-3-1-2-4-13(9)20-16(14)15-17(22)11-6-5-10(19(24)25)7-12(11)18(15)23;1-2/h1-8,15,21H,(H,24,25);1-2H3. The Kier molecular flexibility index (Phi) is 4.73. The number of aromatic nitrogens is 1. The number of hydrogen-bond acceptors (Lipinski definition) is 5. The van der Waals surface area contributed by atoms with Gasteiger partial charge in [-0.3, -0.25) is 9.59 Å². The first-order valence-electron chi connectivity index (χ1n) is 8.52. The molecule has 2 aromatic carbocycles. The van der Waals surface area contributed by atoms with Gasteiger partial charge in [-0.2, -0.15) is 0 Å². The first-order valence-corrected chi connectivity index (χ1v) is 8.52. The van der Waals surface area contributed by atoms with Crippen molar-refractivity contribution in [3.05, 3.63) is 70.9 Å². The minimum Gasteiger partial charge on any atom is -0.506 e. The third kappa shape index (κ3) is 2.95. The number of rotatable bonds is 2. The second kappa shape index (κ2) is 6.99. The largest absolute Gasteiger partial charge is 0.506 e. The predicted octanol–water partition coefficient (Wildman–Crippen LogP) is 3.83. The first-order chi connectivity index (χ1) is 13.0. The molecule has 1 aromatic heterocycles. The molecule has 136 valence electrons. The number of hydrogen-bond donors (Lipinski definition) is 2. The quantitative estimate of drug-likeness (QED) is 0.671. The van der Waals surface area contributed by atoms with Crippen molar-refractivity contribution in [2.75, 3.05) is 0 Å². The Morgan fingerprint density at radius 3 is 2.33 bits per heavy atom. The normalized spacial score (nSPS) is 15.3. The van der Waals surface area contributed by atoms with Gasteiger partial charge in [0.25, 0.3) is 0 Å². The second-order valence-electron chi connectivity index (χ2n) is 5.81. The second-order valence-corrected chi connectivity index (χ2v) is 5.81. The van der Waals surface area contributed by atoms with Gasteiger partial charge in [0.05, 0.1) is 11.1 Å². The van der Waals surface area contributed by atoms with Crippen LogP contribution in [0.2, 0.25) is 0 Å². The van der Waals surface area contributed by atoms with E-state index in [-0.39, 0.29) is 28.1 Å². The number of carbonyl (C=O) groups is 3. The Hall–Kier alpha value is -3.54. The molecule has 3 aromatic rings. The molecule has 0 aliphatic heterocycles. The lowest BCUT2D eigenvalue weighted by Gasteiger charge is -2.10. The Balaban J connectivity index is 0.00000102. The number of para-hydroxylation sites is 1. The van der Waals surface area contributed by atoms with E-state index in [0.29, 0.717) is 10.9 Å². The van der Waals surface area contributed by atoms with Crippen LogP contribution in [0.3, 0.4) is 0 Å². The van der Waals surface area contributed by atoms with Crippen LogP contribution in [0, 0.1) is 0 Å². The maximum Gasteiger partial charge on any atom is 0.335 e. The number of ketones is 2. The molecular formula is C21H17NO5. The SMILES string of the molecule is CC.O=C(O)c1ccc2c(c1)C(=O)C(c1nc3ccccc3cc1O)C2=O. The zero-order chi connectivity index (χ0) is 19.7. The van der Waals surface area contributed by atoms with E-state index in [2.05, 4.69) is 4.98 Å². The average molecular weight is 363 g/mol. The predicted molar refractivity (Wildman–Crippen MR) is 99.6 cm³/mol. The van der Waals surface area contributed by atoms with Gasteiger partial charge in [-0.15, -0.1) is 0 Å². The summed E-state index contributed by atoms with van der Waals surface area (Å²) in [4.78, 5) is 40.7. The Labute approximate surface area is 155 Å². The molecule has 0 radical (unpaired) electrons. The smallest absolute Gasteiger partial charge is 0.335 e. The minimum absolute atomic E-state index is 0.0122. The molecule has 0 spiro atoms. The highest BCUT2D eigenvalue weighted by Gasteiger charge is 2.42. The van der Waals surface area contributed by atoms with E-state index in [4.69, 9.17) is 5.11 Å². The molecule has 6 nitrogen and oxygen atoms in total. The molecule has 1 atom stereocenters. The summed E-state index contributed by atoms with van der Waals surface area (Å²) in [6.45, 7) is 4.00. The van der Waals surface area contributed by atoms with Crippen LogP contribution in [0.4, 0.5) is 0 Å². The van der Waals surface area contributed by atoms with E-state index in [1.54, 1.807) is 24.3 Å². The van der Waals surface area contributed by atoms with Crippen molar-refractivity contribution in [2.24, 2.45) is 0 Å². The molecule has 4 rings (SSSR count). The van der Waals surface area contributed by atoms with Gasteiger partial charge in [-0.1, -0.05) is 32.0 Å². The maximum absolute atomic E-state index is 12.7. The van der Waals surface area contributed by atoms with Crippen molar-refractivity contribution in [2.45, 2.75) is 19.8 Å². The molecule has 2 N–H and O–H groups in total. The van der Waals surface area contributed by atoms with E-state index in [9.17, 15) is 19.5 Å². The number of benzene rings is 2. The van der Waals surface area contributed by atoms with Gasteiger partial charge in [-0.05, 0) is 30.3 Å². The third-order valence-corrected chi connectivity index (χ3v) is 4.33. The van der Waals surface area contributed by atoms with Crippen molar-refractivity contribution in [1.29, 1.82) is 0 Å². The number of pyridine rings is 1. The molecule has 27 heavy (non-hydrogen) atoms. The summed E-state index contributed by atoms with van der Waals surface area (Å²) in [6.07, 6.45) is 0. The van der Waals surface area contributed by atoms with Crippen molar-refractivity contribution >= 4 is 28.4 Å². The summed E-state index contributed by atoms with van der Waals surface area (Å²) in [5, 5.41) is 20.0. The van der Waals surface area contributed by atoms with Gasteiger partial charge in [0.2, 0.25) is 0 Å². The van der Waals surface area contributed by atoms with Crippen LogP contribution in [-0.2, 0) is 0 Å². The Bertz CT molecular complexity index is 1090. The van der Waals surface area contributed by atoms with Gasteiger partial charge in [0.1, 0.15) is 17.4 Å². The zero-order valence-electron chi connectivity index (χ0n) is 14.8. The molecule has 6 heteroatoms. The molecule has 1 aliphatic carbocycles. The van der Waals surface area contributed by atoms with Crippen molar-refractivity contribution in [1.82, 2.24) is 4.98 Å². The lowest BCUT2D eigenvalue weighted by atomic mass is 9.97. The number of nitrogens with zero attached hydrogens (tertiary/aromatic N) is 1. The van der Waals surface area contributed by atoms with Crippen LogP contribution in [0.15, 0.2) is 48.5 Å². The summed E-state index contributed by atoms with van der Waals surface area (Å²) in [5.74, 6) is -3.73. The summed E-state index contributed by atoms with van der Waals surface area (Å²) >= 11 is 0. The van der Waals surface area contributed by atoms with E-state index in [0.717, 1.165) is 0 Å². The molecular weight excluding hydrogens is 346 g/mol. The average Bonchev–Trinajstić information content (AvgIpc) is 2.93. The number of carboxylic acid groups (broad SMARTS) is 1. The number of fused-ring (bicyclic) bond motifs is 2. The summed E-state index contributed by atoms with van der Waals surface area (Å²) < 4.78 is 0. The van der Waals surface area contributed by atoms with Crippen LogP contribution < -0.4 is 0 Å². The van der Waals surface area contributed by atoms with Crippen LogP contribution in [-0.4, -0.2) is 32.7 Å². The van der Waals surface area contributed by atoms with Gasteiger partial charge < -0.3 is 10.2 Å². The topological polar surface area (TPSA) is 105 Å². The van der Waals surface area contributed by atoms with Crippen molar-refractivity contribution < 1.29 is 24.6 Å². The fourth-order valence-electron chi connectivity index (χ4n) is 3.11. The number of carboxylic acids is 1. The number of aromatic carboxylic acids is 1. The molecule has 0 saturated heterocycles. The number of carbonyl (C=O) groups excluding carboxylic acids is 2. The number of Topliss-reactive ketones (excluding diaryl/α,β-unsaturated/α-hetero) is 2. The fraction of sp³-hybridized carbons (Fsp3) is 0.143. The van der Waals surface area contributed by atoms with Crippen LogP contribution >= 0.6 is 0 Å². The fourth-order valence-corrected chi connectivity index (χ4v) is 3.11. The molecule has 0 bridgehead atoms. The Morgan fingerprint density at radius 1 is 0.963 bits per heavy atom. The first kappa shape index (κ1) is 18.3. The van der Waals surface area contributed by atoms with Gasteiger partial charge in [0.15, 0.2) is 11.6 Å². The number of aromatic hydroxyl groups is 1. The minimum atomic E-state index is -1.26. The van der Waals surface area contributed by atoms with Crippen molar-refractivity contribution in [3.63, 3.8) is 0 Å². The maximum atomic E-state index is 12.7. The van der Waals surface area contributed by atoms with E-state index in [1.807, 2.05) is 13.8 Å². The highest BCUT2D eigenvalue weighted by Crippen LogP contribution is 2.38. The molecule has 0 saturated carbocycles. The van der Waals surface area contributed by atoms with E-state index in [1.165, 1.54) is 24.3 Å². The molecule has 0 fully saturated rings. The third-order valence-electron chi connectivity index (χ3n) is 4.33. The summed E-state index contributed by atoms with van der Waals surface area (Å²) in [6, 6.07) is 12.3. The van der Waals surface area contributed by atoms with Gasteiger partial charge in [0, 0.05) is 16.5 Å². The summed E-state index contributed by atoms with van der Waals surface area (Å²) in [7, 11) is 0. The van der Waals surface area contributed by atoms with Crippen LogP contribution in [0.1, 0.15) is 56.5 Å². The molecule has 1 unspecified atom stereocenters. The van der Waals surface area contributed by atoms with Crippen molar-refractivity contribution in [3.8, 4) is 5.75 Å². The monoisotopic (exact) mass is 363 g/mol.